The van der Waals surface area contributed by atoms with Gasteiger partial charge >= 0.3 is 0 Å². The molecule has 0 bridgehead atoms. The molecule has 0 aliphatic carbocycles. The monoisotopic (exact) mass is 301 g/mol. The number of hydrogen-bond acceptors (Lipinski definition) is 2. The fourth-order valence-electron chi connectivity index (χ4n) is 1.53. The van der Waals surface area contributed by atoms with E-state index in [1.54, 1.807) is 0 Å². The van der Waals surface area contributed by atoms with E-state index in [0.717, 1.165) is 12.1 Å². The molecule has 0 fully saturated rings. The van der Waals surface area contributed by atoms with Crippen molar-refractivity contribution in [3.8, 4) is 0 Å². The van der Waals surface area contributed by atoms with Gasteiger partial charge in [-0.1, -0.05) is 17.7 Å². The molecule has 1 atom stereocenters. The normalized spacial score (nSPS) is 12.4. The maximum Gasteiger partial charge on any atom is 0.130 e. The average molecular weight is 302 g/mol. The van der Waals surface area contributed by atoms with Crippen LogP contribution in [0.1, 0.15) is 5.56 Å². The summed E-state index contributed by atoms with van der Waals surface area (Å²) in [5.74, 6) is -1.68. The molecule has 0 aliphatic heterocycles. The van der Waals surface area contributed by atoms with Crippen LogP contribution in [0.5, 0.6) is 0 Å². The first-order chi connectivity index (χ1) is 8.99. The van der Waals surface area contributed by atoms with Gasteiger partial charge in [-0.05, 0) is 30.3 Å². The molecule has 2 rings (SSSR count). The zero-order valence-electron chi connectivity index (χ0n) is 9.70. The summed E-state index contributed by atoms with van der Waals surface area (Å²) < 4.78 is 39.0. The lowest BCUT2D eigenvalue weighted by Gasteiger charge is -2.06. The molecule has 0 aliphatic rings. The maximum absolute atomic E-state index is 13.4. The van der Waals surface area contributed by atoms with Crippen LogP contribution >= 0.6 is 11.6 Å². The molecule has 2 N–H and O–H groups in total. The minimum absolute atomic E-state index is 0.200. The molecule has 2 aromatic rings. The van der Waals surface area contributed by atoms with E-state index in [4.69, 9.17) is 17.3 Å². The van der Waals surface area contributed by atoms with Crippen LogP contribution in [0.25, 0.3) is 0 Å². The van der Waals surface area contributed by atoms with Gasteiger partial charge in [-0.25, -0.2) is 8.78 Å². The van der Waals surface area contributed by atoms with Gasteiger partial charge in [0.15, 0.2) is 0 Å². The highest BCUT2D eigenvalue weighted by atomic mass is 35.5. The Kier molecular flexibility index (Phi) is 4.17. The van der Waals surface area contributed by atoms with Crippen molar-refractivity contribution < 1.29 is 13.0 Å². The molecule has 0 saturated carbocycles. The van der Waals surface area contributed by atoms with Crippen LogP contribution in [0.15, 0.2) is 41.3 Å². The molecular formula is C13H10ClF2NOS. The fraction of sp³-hybridized carbons (Fsp3) is 0.0769. The summed E-state index contributed by atoms with van der Waals surface area (Å²) in [4.78, 5) is 0.377. The van der Waals surface area contributed by atoms with E-state index < -0.39 is 22.4 Å². The minimum atomic E-state index is -1.59. The summed E-state index contributed by atoms with van der Waals surface area (Å²) in [6.45, 7) is 0. The highest BCUT2D eigenvalue weighted by molar-refractivity contribution is 7.84. The predicted octanol–water partition coefficient (Wildman–Crippen LogP) is 3.51. The van der Waals surface area contributed by atoms with E-state index in [-0.39, 0.29) is 16.3 Å². The molecule has 0 saturated heterocycles. The van der Waals surface area contributed by atoms with Crippen molar-refractivity contribution in [3.63, 3.8) is 0 Å². The van der Waals surface area contributed by atoms with Crippen LogP contribution in [0.3, 0.4) is 0 Å². The highest BCUT2D eigenvalue weighted by Crippen LogP contribution is 2.24. The molecule has 0 aromatic heterocycles. The number of halogens is 3. The van der Waals surface area contributed by atoms with Crippen molar-refractivity contribution in [3.05, 3.63) is 58.6 Å². The molecule has 0 spiro atoms. The summed E-state index contributed by atoms with van der Waals surface area (Å²) in [7, 11) is -1.59. The molecule has 19 heavy (non-hydrogen) atoms. The lowest BCUT2D eigenvalue weighted by molar-refractivity contribution is 0.564. The SMILES string of the molecule is Nc1ccc(S(=O)Cc2c(F)cccc2F)cc1Cl. The molecule has 2 nitrogen and oxygen atoms in total. The molecule has 2 aromatic carbocycles. The minimum Gasteiger partial charge on any atom is -0.398 e. The van der Waals surface area contributed by atoms with Crippen molar-refractivity contribution in [1.82, 2.24) is 0 Å². The van der Waals surface area contributed by atoms with Gasteiger partial charge in [0.2, 0.25) is 0 Å². The lowest BCUT2D eigenvalue weighted by Crippen LogP contribution is -2.02. The topological polar surface area (TPSA) is 43.1 Å². The molecule has 0 amide bonds. The van der Waals surface area contributed by atoms with Crippen LogP contribution in [0.2, 0.25) is 5.02 Å². The maximum atomic E-state index is 13.4. The Morgan fingerprint density at radius 2 is 1.79 bits per heavy atom. The Morgan fingerprint density at radius 1 is 1.16 bits per heavy atom. The van der Waals surface area contributed by atoms with Crippen molar-refractivity contribution in [1.29, 1.82) is 0 Å². The van der Waals surface area contributed by atoms with E-state index in [0.29, 0.717) is 10.6 Å². The summed E-state index contributed by atoms with van der Waals surface area (Å²) in [6, 6.07) is 7.99. The van der Waals surface area contributed by atoms with E-state index in [9.17, 15) is 13.0 Å². The third kappa shape index (κ3) is 3.11. The third-order valence-electron chi connectivity index (χ3n) is 2.57. The number of nitrogen functional groups attached to an aromatic ring is 1. The Labute approximate surface area is 116 Å². The summed E-state index contributed by atoms with van der Waals surface area (Å²) in [6.07, 6.45) is 0. The molecule has 6 heteroatoms. The first kappa shape index (κ1) is 14.0. The Morgan fingerprint density at radius 3 is 2.37 bits per heavy atom. The zero-order chi connectivity index (χ0) is 14.0. The van der Waals surface area contributed by atoms with Gasteiger partial charge in [-0.15, -0.1) is 0 Å². The number of nitrogens with two attached hydrogens (primary N) is 1. The predicted molar refractivity (Wildman–Crippen MR) is 72.3 cm³/mol. The van der Waals surface area contributed by atoms with Crippen LogP contribution in [-0.2, 0) is 16.6 Å². The largest absolute Gasteiger partial charge is 0.398 e. The van der Waals surface area contributed by atoms with Gasteiger partial charge in [0, 0.05) is 10.5 Å². The second-order valence-corrected chi connectivity index (χ2v) is 5.73. The van der Waals surface area contributed by atoms with E-state index in [1.165, 1.54) is 24.3 Å². The molecule has 100 valence electrons. The number of rotatable bonds is 3. The van der Waals surface area contributed by atoms with E-state index in [2.05, 4.69) is 0 Å². The van der Waals surface area contributed by atoms with E-state index >= 15 is 0 Å². The second-order valence-electron chi connectivity index (χ2n) is 3.87. The Bertz CT molecular complexity index is 628. The Balaban J connectivity index is 2.28. The first-order valence-corrected chi connectivity index (χ1v) is 7.05. The van der Waals surface area contributed by atoms with Gasteiger partial charge in [0.25, 0.3) is 0 Å². The summed E-state index contributed by atoms with van der Waals surface area (Å²) >= 11 is 5.82. The highest BCUT2D eigenvalue weighted by Gasteiger charge is 2.14. The molecule has 0 radical (unpaired) electrons. The van der Waals surface area contributed by atoms with Crippen LogP contribution < -0.4 is 5.73 Å². The van der Waals surface area contributed by atoms with Crippen LogP contribution in [0.4, 0.5) is 14.5 Å². The van der Waals surface area contributed by atoms with Crippen molar-refractivity contribution in [2.45, 2.75) is 10.6 Å². The quantitative estimate of drug-likeness (QED) is 0.882. The number of anilines is 1. The van der Waals surface area contributed by atoms with Crippen LogP contribution in [0, 0.1) is 11.6 Å². The number of hydrogen-bond donors (Lipinski definition) is 1. The Hall–Kier alpha value is -1.46. The van der Waals surface area contributed by atoms with Gasteiger partial charge in [-0.2, -0.15) is 0 Å². The van der Waals surface area contributed by atoms with Gasteiger partial charge in [-0.3, -0.25) is 4.21 Å². The smallest absolute Gasteiger partial charge is 0.130 e. The fourth-order valence-corrected chi connectivity index (χ4v) is 2.95. The zero-order valence-corrected chi connectivity index (χ0v) is 11.3. The number of benzene rings is 2. The van der Waals surface area contributed by atoms with Crippen molar-refractivity contribution >= 4 is 28.1 Å². The molecule has 1 unspecified atom stereocenters. The van der Waals surface area contributed by atoms with Crippen molar-refractivity contribution in [2.75, 3.05) is 5.73 Å². The standard InChI is InChI=1S/C13H10ClF2NOS/c14-10-6-8(4-5-13(10)17)19(18)7-9-11(15)2-1-3-12(9)16/h1-6H,7,17H2. The van der Waals surface area contributed by atoms with Gasteiger partial charge in [0.1, 0.15) is 11.6 Å². The lowest BCUT2D eigenvalue weighted by atomic mass is 10.2. The second kappa shape index (κ2) is 5.67. The van der Waals surface area contributed by atoms with E-state index in [1.807, 2.05) is 0 Å². The summed E-state index contributed by atoms with van der Waals surface area (Å²) in [5.41, 5.74) is 5.70. The molecule has 0 heterocycles. The first-order valence-electron chi connectivity index (χ1n) is 5.35. The third-order valence-corrected chi connectivity index (χ3v) is 4.23. The average Bonchev–Trinajstić information content (AvgIpc) is 2.37. The van der Waals surface area contributed by atoms with Crippen molar-refractivity contribution in [2.24, 2.45) is 0 Å². The van der Waals surface area contributed by atoms with Gasteiger partial charge < -0.3 is 5.73 Å². The molecular weight excluding hydrogens is 292 g/mol. The van der Waals surface area contributed by atoms with Crippen LogP contribution in [-0.4, -0.2) is 4.21 Å². The summed E-state index contributed by atoms with van der Waals surface area (Å²) in [5, 5.41) is 0.264. The van der Waals surface area contributed by atoms with Gasteiger partial charge in [0.05, 0.1) is 27.3 Å².